The lowest BCUT2D eigenvalue weighted by molar-refractivity contribution is -0.870. The molecule has 0 bridgehead atoms. The summed E-state index contributed by atoms with van der Waals surface area (Å²) in [6.07, 6.45) is 88.1. The van der Waals surface area contributed by atoms with Crippen LogP contribution in [0.4, 0.5) is 0 Å². The van der Waals surface area contributed by atoms with E-state index in [0.717, 1.165) is 70.6 Å². The van der Waals surface area contributed by atoms with Gasteiger partial charge in [0.1, 0.15) is 19.3 Å². The maximum Gasteiger partial charge on any atom is 0.472 e. The number of esters is 1. The largest absolute Gasteiger partial charge is 0.472 e. The topological polar surface area (TPSA) is 111 Å². The number of nitrogens with zero attached hydrogens (tertiary/aromatic N) is 1. The summed E-state index contributed by atoms with van der Waals surface area (Å²) in [5, 5.41) is 3.08. The Balaban J connectivity index is 4.96. The van der Waals surface area contributed by atoms with Crippen LogP contribution in [0.2, 0.25) is 0 Å². The van der Waals surface area contributed by atoms with E-state index in [-0.39, 0.29) is 25.1 Å². The van der Waals surface area contributed by atoms with Gasteiger partial charge in [0, 0.05) is 12.8 Å². The van der Waals surface area contributed by atoms with Crippen molar-refractivity contribution in [2.24, 2.45) is 0 Å². The normalized spacial score (nSPS) is 13.8. The van der Waals surface area contributed by atoms with Crippen LogP contribution in [0.1, 0.15) is 374 Å². The molecule has 516 valence electrons. The van der Waals surface area contributed by atoms with Gasteiger partial charge in [-0.25, -0.2) is 4.57 Å². The number of carbonyl (C=O) groups is 2. The van der Waals surface area contributed by atoms with Crippen LogP contribution < -0.4 is 5.32 Å². The van der Waals surface area contributed by atoms with E-state index in [1.807, 2.05) is 33.3 Å². The first kappa shape index (κ1) is 85.7. The van der Waals surface area contributed by atoms with E-state index < -0.39 is 20.0 Å². The molecule has 0 spiro atoms. The number of hydrogen-bond donors (Lipinski definition) is 2. The SMILES string of the molecule is CCCCC/C=C\C/C=C\C/C=C\CCCCCCCCCCCCCCCCC(=O)OC(/C=C/CCCCCCCCCCCC)C(COP(=O)(O)OCC[N+](C)(C)C)NC(=O)CCCCCCCCCCCCCCC/C=C/CCCCCCCC. The second-order valence-electron chi connectivity index (χ2n) is 27.2. The average molecular weight is 1260 g/mol. The maximum absolute atomic E-state index is 13.6. The fourth-order valence-corrected chi connectivity index (χ4v) is 12.0. The van der Waals surface area contributed by atoms with Gasteiger partial charge in [-0.3, -0.25) is 18.6 Å². The van der Waals surface area contributed by atoms with E-state index in [9.17, 15) is 19.0 Å². The van der Waals surface area contributed by atoms with Crippen molar-refractivity contribution in [1.82, 2.24) is 5.32 Å². The molecule has 0 aromatic heterocycles. The second kappa shape index (κ2) is 67.6. The van der Waals surface area contributed by atoms with E-state index in [0.29, 0.717) is 23.9 Å². The number of quaternary nitrogens is 1. The third-order valence-electron chi connectivity index (χ3n) is 17.2. The molecule has 0 rings (SSSR count). The summed E-state index contributed by atoms with van der Waals surface area (Å²) in [5.74, 6) is -0.489. The molecule has 0 saturated carbocycles. The van der Waals surface area contributed by atoms with E-state index in [1.165, 1.54) is 270 Å². The predicted octanol–water partition coefficient (Wildman–Crippen LogP) is 24.5. The molecule has 88 heavy (non-hydrogen) atoms. The predicted molar refractivity (Wildman–Crippen MR) is 383 cm³/mol. The van der Waals surface area contributed by atoms with Gasteiger partial charge in [-0.05, 0) is 96.0 Å². The Labute approximate surface area is 547 Å². The first-order chi connectivity index (χ1) is 42.9. The Morgan fingerprint density at radius 1 is 0.398 bits per heavy atom. The minimum absolute atomic E-state index is 0.0411. The fourth-order valence-electron chi connectivity index (χ4n) is 11.3. The number of phosphoric ester groups is 1. The molecule has 0 heterocycles. The van der Waals surface area contributed by atoms with Gasteiger partial charge in [0.15, 0.2) is 0 Å². The number of rotatable bonds is 70. The van der Waals surface area contributed by atoms with Gasteiger partial charge in [-0.2, -0.15) is 0 Å². The van der Waals surface area contributed by atoms with Crippen molar-refractivity contribution in [1.29, 1.82) is 0 Å². The van der Waals surface area contributed by atoms with Crippen LogP contribution in [0.25, 0.3) is 0 Å². The number of allylic oxidation sites excluding steroid dienone is 9. The summed E-state index contributed by atoms with van der Waals surface area (Å²) in [7, 11) is 1.51. The molecule has 0 aromatic carbocycles. The molecular formula is C78H148N2O7P+. The van der Waals surface area contributed by atoms with Crippen LogP contribution in [0.3, 0.4) is 0 Å². The van der Waals surface area contributed by atoms with E-state index in [1.54, 1.807) is 0 Å². The molecule has 0 radical (unpaired) electrons. The lowest BCUT2D eigenvalue weighted by Crippen LogP contribution is -2.47. The Kier molecular flexibility index (Phi) is 65.8. The van der Waals surface area contributed by atoms with Crippen LogP contribution in [0, 0.1) is 0 Å². The number of ether oxygens (including phenoxy) is 1. The van der Waals surface area contributed by atoms with Crippen LogP contribution in [0.5, 0.6) is 0 Å². The molecule has 0 fully saturated rings. The van der Waals surface area contributed by atoms with Gasteiger partial charge in [-0.1, -0.05) is 326 Å². The summed E-state index contributed by atoms with van der Waals surface area (Å²) in [4.78, 5) is 38.0. The maximum atomic E-state index is 13.6. The van der Waals surface area contributed by atoms with Crippen molar-refractivity contribution in [3.8, 4) is 0 Å². The molecule has 1 amide bonds. The van der Waals surface area contributed by atoms with Crippen molar-refractivity contribution < 1.29 is 37.3 Å². The highest BCUT2D eigenvalue weighted by Gasteiger charge is 2.30. The van der Waals surface area contributed by atoms with Gasteiger partial charge < -0.3 is 19.4 Å². The molecule has 3 atom stereocenters. The van der Waals surface area contributed by atoms with Gasteiger partial charge in [0.05, 0.1) is 33.8 Å². The van der Waals surface area contributed by atoms with E-state index in [2.05, 4.69) is 74.7 Å². The first-order valence-corrected chi connectivity index (χ1v) is 39.6. The number of nitrogens with one attached hydrogen (secondary N) is 1. The van der Waals surface area contributed by atoms with Crippen LogP contribution in [-0.2, 0) is 27.9 Å². The van der Waals surface area contributed by atoms with Crippen LogP contribution in [-0.4, -0.2) is 74.3 Å². The molecular weight excluding hydrogens is 1110 g/mol. The number of unbranched alkanes of at least 4 members (excludes halogenated alkanes) is 46. The third-order valence-corrected chi connectivity index (χ3v) is 18.2. The van der Waals surface area contributed by atoms with Crippen molar-refractivity contribution in [2.75, 3.05) is 40.9 Å². The second-order valence-corrected chi connectivity index (χ2v) is 28.6. The van der Waals surface area contributed by atoms with Crippen molar-refractivity contribution in [3.63, 3.8) is 0 Å². The summed E-state index contributed by atoms with van der Waals surface area (Å²) < 4.78 is 30.9. The molecule has 0 aromatic rings. The molecule has 2 N–H and O–H groups in total. The van der Waals surface area contributed by atoms with Crippen molar-refractivity contribution in [2.45, 2.75) is 386 Å². The minimum Gasteiger partial charge on any atom is -0.456 e. The van der Waals surface area contributed by atoms with Crippen molar-refractivity contribution in [3.05, 3.63) is 60.8 Å². The smallest absolute Gasteiger partial charge is 0.456 e. The van der Waals surface area contributed by atoms with E-state index >= 15 is 0 Å². The molecule has 0 aliphatic rings. The summed E-state index contributed by atoms with van der Waals surface area (Å²) in [6.45, 7) is 7.04. The Morgan fingerprint density at radius 3 is 1.07 bits per heavy atom. The zero-order valence-corrected chi connectivity index (χ0v) is 60.1. The van der Waals surface area contributed by atoms with Crippen LogP contribution in [0.15, 0.2) is 60.8 Å². The summed E-state index contributed by atoms with van der Waals surface area (Å²) in [5.41, 5.74) is 0. The first-order valence-electron chi connectivity index (χ1n) is 38.1. The number of phosphoric acid groups is 1. The highest BCUT2D eigenvalue weighted by atomic mass is 31.2. The summed E-state index contributed by atoms with van der Waals surface area (Å²) in [6, 6.07) is -0.849. The van der Waals surface area contributed by atoms with Gasteiger partial charge in [-0.15, -0.1) is 0 Å². The van der Waals surface area contributed by atoms with Gasteiger partial charge in [0.2, 0.25) is 5.91 Å². The average Bonchev–Trinajstić information content (AvgIpc) is 3.61. The van der Waals surface area contributed by atoms with E-state index in [4.69, 9.17) is 13.8 Å². The number of carbonyl (C=O) groups excluding carboxylic acids is 2. The Bertz CT molecular complexity index is 1690. The van der Waals surface area contributed by atoms with Gasteiger partial charge >= 0.3 is 13.8 Å². The zero-order valence-electron chi connectivity index (χ0n) is 59.2. The number of likely N-dealkylation sites (N-methyl/N-ethyl adjacent to an activating group) is 1. The van der Waals surface area contributed by atoms with Crippen LogP contribution >= 0.6 is 7.82 Å². The fraction of sp³-hybridized carbons (Fsp3) is 0.846. The number of amides is 1. The molecule has 0 aliphatic heterocycles. The van der Waals surface area contributed by atoms with Crippen molar-refractivity contribution >= 4 is 19.7 Å². The standard InChI is InChI=1S/C78H147N2O7P/c1-7-10-13-16-19-22-25-28-30-32-34-36-38-39-40-41-43-45-47-49-51-53-56-59-62-65-68-71-78(82)87-76(69-66-63-60-57-54-27-24-21-18-15-12-9-3)75(74-86-88(83,84)85-73-72-80(4,5)6)79-77(81)70-67-64-61-58-55-52-50-48-46-44-42-37-35-33-31-29-26-23-20-17-14-11-8-2/h19,22,28-31,34,36,66,69,75-76H,7-18,20-21,23-27,32-33,35,37-65,67-68,70-74H2,1-6H3,(H-,79,81,83,84)/p+1/b22-19-,30-28-,31-29+,36-34-,69-66+. The summed E-state index contributed by atoms with van der Waals surface area (Å²) >= 11 is 0. The molecule has 10 heteroatoms. The molecule has 9 nitrogen and oxygen atoms in total. The molecule has 3 unspecified atom stereocenters. The lowest BCUT2D eigenvalue weighted by atomic mass is 10.0. The minimum atomic E-state index is -4.46. The highest BCUT2D eigenvalue weighted by molar-refractivity contribution is 7.47. The quantitative estimate of drug-likeness (QED) is 0.0205. The van der Waals surface area contributed by atoms with Gasteiger partial charge in [0.25, 0.3) is 0 Å². The molecule has 0 aliphatic carbocycles. The number of hydrogen-bond acceptors (Lipinski definition) is 6. The zero-order chi connectivity index (χ0) is 64.2. The Hall–Kier alpha value is -2.29. The highest BCUT2D eigenvalue weighted by Crippen LogP contribution is 2.43. The third kappa shape index (κ3) is 68.1. The Morgan fingerprint density at radius 2 is 0.693 bits per heavy atom. The monoisotopic (exact) mass is 1260 g/mol. The molecule has 0 saturated heterocycles. The lowest BCUT2D eigenvalue weighted by Gasteiger charge is -2.27.